The van der Waals surface area contributed by atoms with Crippen molar-refractivity contribution in [2.24, 2.45) is 5.92 Å². The standard InChI is InChI=1S/C28H30F6N2O3/c1-18(37)35-14-12-20(13-15-35)24(38)36-16-23(25(2,17-36)21-6-4-3-5-7-21)19-8-10-22(11-9-19)26(39,27(29,30)31)28(32,33)34/h3-11,20,23,39H,12-17H2,1-2H3/t23-,25+/m0/s1. The average molecular weight is 557 g/mol. The highest BCUT2D eigenvalue weighted by atomic mass is 19.4. The lowest BCUT2D eigenvalue weighted by atomic mass is 9.71. The van der Waals surface area contributed by atoms with Crippen LogP contribution in [0.3, 0.4) is 0 Å². The Labute approximate surface area is 222 Å². The van der Waals surface area contributed by atoms with E-state index in [4.69, 9.17) is 0 Å². The number of carbonyl (C=O) groups is 2. The van der Waals surface area contributed by atoms with Gasteiger partial charge in [-0.25, -0.2) is 0 Å². The maximum Gasteiger partial charge on any atom is 0.430 e. The normalized spacial score (nSPS) is 23.3. The predicted octanol–water partition coefficient (Wildman–Crippen LogP) is 5.14. The van der Waals surface area contributed by atoms with Crippen LogP contribution in [0.1, 0.15) is 49.3 Å². The molecule has 2 aromatic carbocycles. The highest BCUT2D eigenvalue weighted by molar-refractivity contribution is 5.80. The molecule has 2 heterocycles. The van der Waals surface area contributed by atoms with Crippen molar-refractivity contribution < 1.29 is 41.0 Å². The fraction of sp³-hybridized carbons (Fsp3) is 0.500. The monoisotopic (exact) mass is 556 g/mol. The van der Waals surface area contributed by atoms with E-state index in [1.807, 2.05) is 37.3 Å². The van der Waals surface area contributed by atoms with Crippen molar-refractivity contribution in [1.82, 2.24) is 9.80 Å². The first kappa shape index (κ1) is 28.9. The van der Waals surface area contributed by atoms with Crippen LogP contribution in [0.4, 0.5) is 26.3 Å². The molecular formula is C28H30F6N2O3. The van der Waals surface area contributed by atoms with Gasteiger partial charge in [0.15, 0.2) is 0 Å². The lowest BCUT2D eigenvalue weighted by Gasteiger charge is -2.34. The SMILES string of the molecule is CC(=O)N1CCC(C(=O)N2C[C@@H](c3ccc(C(O)(C(F)(F)F)C(F)(F)F)cc3)[C@@](C)(c3ccccc3)C2)CC1. The van der Waals surface area contributed by atoms with Crippen LogP contribution in [0.25, 0.3) is 0 Å². The first-order valence-electron chi connectivity index (χ1n) is 12.7. The first-order valence-corrected chi connectivity index (χ1v) is 12.7. The summed E-state index contributed by atoms with van der Waals surface area (Å²) >= 11 is 0. The molecule has 0 aliphatic carbocycles. The maximum atomic E-state index is 13.5. The van der Waals surface area contributed by atoms with Crippen molar-refractivity contribution in [3.05, 3.63) is 71.3 Å². The van der Waals surface area contributed by atoms with Crippen LogP contribution < -0.4 is 0 Å². The molecule has 2 aliphatic rings. The number of nitrogens with zero attached hydrogens (tertiary/aromatic N) is 2. The van der Waals surface area contributed by atoms with Gasteiger partial charge in [0.2, 0.25) is 11.8 Å². The highest BCUT2D eigenvalue weighted by Gasteiger charge is 2.71. The van der Waals surface area contributed by atoms with Crippen LogP contribution in [-0.2, 0) is 20.6 Å². The predicted molar refractivity (Wildman–Crippen MR) is 131 cm³/mol. The third-order valence-electron chi connectivity index (χ3n) is 8.28. The highest BCUT2D eigenvalue weighted by Crippen LogP contribution is 2.51. The molecule has 11 heteroatoms. The zero-order chi connectivity index (χ0) is 28.8. The van der Waals surface area contributed by atoms with Gasteiger partial charge in [-0.15, -0.1) is 0 Å². The van der Waals surface area contributed by atoms with E-state index in [2.05, 4.69) is 0 Å². The number of piperidine rings is 1. The molecular weight excluding hydrogens is 526 g/mol. The molecule has 0 spiro atoms. The van der Waals surface area contributed by atoms with Crippen LogP contribution in [0.2, 0.25) is 0 Å². The molecule has 4 rings (SSSR count). The number of benzene rings is 2. The van der Waals surface area contributed by atoms with Crippen molar-refractivity contribution in [1.29, 1.82) is 0 Å². The van der Waals surface area contributed by atoms with E-state index in [1.165, 1.54) is 19.1 Å². The van der Waals surface area contributed by atoms with Gasteiger partial charge in [-0.05, 0) is 24.0 Å². The molecule has 39 heavy (non-hydrogen) atoms. The summed E-state index contributed by atoms with van der Waals surface area (Å²) in [5, 5.41) is 9.78. The minimum absolute atomic E-state index is 0.0508. The molecule has 0 unspecified atom stereocenters. The van der Waals surface area contributed by atoms with Gasteiger partial charge < -0.3 is 14.9 Å². The minimum atomic E-state index is -5.97. The largest absolute Gasteiger partial charge is 0.430 e. The first-order chi connectivity index (χ1) is 18.1. The fourth-order valence-corrected chi connectivity index (χ4v) is 5.89. The Kier molecular flexibility index (Phi) is 7.52. The second-order valence-electron chi connectivity index (χ2n) is 10.7. The van der Waals surface area contributed by atoms with Gasteiger partial charge in [-0.1, -0.05) is 61.5 Å². The van der Waals surface area contributed by atoms with Gasteiger partial charge in [0.1, 0.15) is 0 Å². The second kappa shape index (κ2) is 10.1. The van der Waals surface area contributed by atoms with Crippen molar-refractivity contribution in [2.45, 2.75) is 56.0 Å². The molecule has 2 aromatic rings. The Hall–Kier alpha value is -3.08. The van der Waals surface area contributed by atoms with Crippen LogP contribution in [0, 0.1) is 5.92 Å². The molecule has 0 saturated carbocycles. The zero-order valence-electron chi connectivity index (χ0n) is 21.5. The second-order valence-corrected chi connectivity index (χ2v) is 10.7. The molecule has 2 aliphatic heterocycles. The summed E-state index contributed by atoms with van der Waals surface area (Å²) in [6.45, 7) is 4.88. The molecule has 0 aromatic heterocycles. The smallest absolute Gasteiger partial charge is 0.369 e. The van der Waals surface area contributed by atoms with Crippen LogP contribution in [0.5, 0.6) is 0 Å². The van der Waals surface area contributed by atoms with E-state index >= 15 is 0 Å². The van der Waals surface area contributed by atoms with Gasteiger partial charge in [0.25, 0.3) is 5.60 Å². The quantitative estimate of drug-likeness (QED) is 0.531. The number of likely N-dealkylation sites (tertiary alicyclic amines) is 2. The van der Waals surface area contributed by atoms with E-state index in [9.17, 15) is 41.0 Å². The summed E-state index contributed by atoms with van der Waals surface area (Å²) < 4.78 is 80.3. The minimum Gasteiger partial charge on any atom is -0.369 e. The van der Waals surface area contributed by atoms with Gasteiger partial charge in [0, 0.05) is 55.9 Å². The van der Waals surface area contributed by atoms with Crippen molar-refractivity contribution >= 4 is 11.8 Å². The van der Waals surface area contributed by atoms with Crippen molar-refractivity contribution in [3.8, 4) is 0 Å². The average Bonchev–Trinajstić information content (AvgIpc) is 3.25. The number of hydrogen-bond donors (Lipinski definition) is 1. The van der Waals surface area contributed by atoms with Gasteiger partial charge >= 0.3 is 12.4 Å². The number of aliphatic hydroxyl groups is 1. The summed E-state index contributed by atoms with van der Waals surface area (Å²) in [4.78, 5) is 28.6. The summed E-state index contributed by atoms with van der Waals surface area (Å²) in [7, 11) is 0. The Morgan fingerprint density at radius 1 is 0.872 bits per heavy atom. The molecule has 2 atom stereocenters. The van der Waals surface area contributed by atoms with E-state index < -0.39 is 34.8 Å². The molecule has 1 N–H and O–H groups in total. The van der Waals surface area contributed by atoms with Gasteiger partial charge in [-0.3, -0.25) is 9.59 Å². The van der Waals surface area contributed by atoms with E-state index in [1.54, 1.807) is 9.80 Å². The zero-order valence-corrected chi connectivity index (χ0v) is 21.5. The van der Waals surface area contributed by atoms with Crippen LogP contribution in [-0.4, -0.2) is 65.3 Å². The number of carbonyl (C=O) groups excluding carboxylic acids is 2. The van der Waals surface area contributed by atoms with Gasteiger partial charge in [-0.2, -0.15) is 26.3 Å². The lowest BCUT2D eigenvalue weighted by Crippen LogP contribution is -2.53. The Morgan fingerprint density at radius 3 is 1.90 bits per heavy atom. The maximum absolute atomic E-state index is 13.5. The Balaban J connectivity index is 1.65. The van der Waals surface area contributed by atoms with Crippen molar-refractivity contribution in [3.63, 3.8) is 0 Å². The van der Waals surface area contributed by atoms with Crippen LogP contribution >= 0.6 is 0 Å². The number of alkyl halides is 6. The summed E-state index contributed by atoms with van der Waals surface area (Å²) in [5.74, 6) is -0.844. The summed E-state index contributed by atoms with van der Waals surface area (Å²) in [6.07, 6.45) is -10.9. The number of halogens is 6. The Morgan fingerprint density at radius 2 is 1.41 bits per heavy atom. The van der Waals surface area contributed by atoms with Crippen molar-refractivity contribution in [2.75, 3.05) is 26.2 Å². The molecule has 2 fully saturated rings. The van der Waals surface area contributed by atoms with E-state index in [0.717, 1.165) is 5.56 Å². The number of hydrogen-bond acceptors (Lipinski definition) is 3. The van der Waals surface area contributed by atoms with E-state index in [0.29, 0.717) is 50.2 Å². The Bertz CT molecular complexity index is 1180. The number of rotatable bonds is 4. The summed E-state index contributed by atoms with van der Waals surface area (Å²) in [6, 6.07) is 12.9. The lowest BCUT2D eigenvalue weighted by molar-refractivity contribution is -0.376. The van der Waals surface area contributed by atoms with Crippen LogP contribution in [0.15, 0.2) is 54.6 Å². The number of amides is 2. The fourth-order valence-electron chi connectivity index (χ4n) is 5.89. The molecule has 0 radical (unpaired) electrons. The van der Waals surface area contributed by atoms with Gasteiger partial charge in [0.05, 0.1) is 0 Å². The third-order valence-corrected chi connectivity index (χ3v) is 8.28. The molecule has 212 valence electrons. The molecule has 2 saturated heterocycles. The third kappa shape index (κ3) is 5.13. The molecule has 0 bridgehead atoms. The molecule has 2 amide bonds. The summed E-state index contributed by atoms with van der Waals surface area (Å²) in [5.41, 5.74) is -5.67. The van der Waals surface area contributed by atoms with E-state index in [-0.39, 0.29) is 24.3 Å². The molecule has 5 nitrogen and oxygen atoms in total. The topological polar surface area (TPSA) is 60.9 Å².